The largest absolute Gasteiger partial charge is 0.289 e. The van der Waals surface area contributed by atoms with Crippen LogP contribution in [0.5, 0.6) is 0 Å². The lowest BCUT2D eigenvalue weighted by Gasteiger charge is -2.25. The molecule has 6 nitrogen and oxygen atoms in total. The van der Waals surface area contributed by atoms with Crippen LogP contribution in [0.1, 0.15) is 36.5 Å². The van der Waals surface area contributed by atoms with Gasteiger partial charge in [0, 0.05) is 0 Å². The molecule has 0 radical (unpaired) electrons. The predicted octanol–water partition coefficient (Wildman–Crippen LogP) is 4.39. The van der Waals surface area contributed by atoms with Gasteiger partial charge in [-0.3, -0.25) is 14.3 Å². The number of halogens is 1. The molecule has 0 fully saturated rings. The van der Waals surface area contributed by atoms with Crippen molar-refractivity contribution in [3.05, 3.63) is 95.3 Å². The molecule has 0 aromatic heterocycles. The van der Waals surface area contributed by atoms with Crippen LogP contribution in [0, 0.1) is 5.82 Å². The van der Waals surface area contributed by atoms with Crippen molar-refractivity contribution in [3.8, 4) is 0 Å². The summed E-state index contributed by atoms with van der Waals surface area (Å²) in [7, 11) is -3.93. The summed E-state index contributed by atoms with van der Waals surface area (Å²) in [4.78, 5) is 11.5. The molecule has 32 heavy (non-hydrogen) atoms. The summed E-state index contributed by atoms with van der Waals surface area (Å²) in [6.07, 6.45) is -0.0435. The van der Waals surface area contributed by atoms with Crippen LogP contribution in [-0.2, 0) is 27.8 Å². The van der Waals surface area contributed by atoms with Crippen molar-refractivity contribution in [3.63, 3.8) is 0 Å². The van der Waals surface area contributed by atoms with Gasteiger partial charge in [0.2, 0.25) is 5.91 Å². The molecule has 3 aromatic rings. The highest BCUT2D eigenvalue weighted by Gasteiger charge is 2.25. The van der Waals surface area contributed by atoms with E-state index in [9.17, 15) is 17.6 Å². The Morgan fingerprint density at radius 2 is 1.50 bits per heavy atom. The predicted molar refractivity (Wildman–Crippen MR) is 120 cm³/mol. The third-order valence-corrected chi connectivity index (χ3v) is 6.88. The highest BCUT2D eigenvalue weighted by atomic mass is 32.2. The van der Waals surface area contributed by atoms with Crippen LogP contribution in [-0.4, -0.2) is 19.5 Å². The molecule has 3 aromatic carbocycles. The molecule has 0 saturated carbocycles. The molecule has 2 N–H and O–H groups in total. The molecule has 0 spiro atoms. The summed E-state index contributed by atoms with van der Waals surface area (Å²) in [6, 6.07) is 18.9. The summed E-state index contributed by atoms with van der Waals surface area (Å²) in [5.41, 5.74) is 4.23. The Hall–Kier alpha value is -3.23. The second-order valence-electron chi connectivity index (χ2n) is 7.74. The van der Waals surface area contributed by atoms with Gasteiger partial charge in [0.05, 0.1) is 23.5 Å². The number of hydrogen-bond acceptors (Lipinski definition) is 4. The first-order valence-corrected chi connectivity index (χ1v) is 11.5. The lowest BCUT2D eigenvalue weighted by molar-refractivity contribution is -0.128. The highest BCUT2D eigenvalue weighted by molar-refractivity contribution is 7.92. The average Bonchev–Trinajstić information content (AvgIpc) is 2.79. The lowest BCUT2D eigenvalue weighted by Crippen LogP contribution is -2.30. The van der Waals surface area contributed by atoms with E-state index in [-0.39, 0.29) is 23.8 Å². The van der Waals surface area contributed by atoms with Gasteiger partial charge >= 0.3 is 0 Å². The van der Waals surface area contributed by atoms with Crippen LogP contribution in [0.25, 0.3) is 0 Å². The van der Waals surface area contributed by atoms with E-state index < -0.39 is 21.7 Å². The number of hydrogen-bond donors (Lipinski definition) is 2. The zero-order valence-electron chi connectivity index (χ0n) is 17.8. The Kier molecular flexibility index (Phi) is 7.27. The Balaban J connectivity index is 1.99. The Bertz CT molecular complexity index is 1160. The highest BCUT2D eigenvalue weighted by Crippen LogP contribution is 2.28. The standard InChI is InChI=1S/C24H25FN2O4S/c1-17(2)20-7-13-23(14-8-20)32(30,31)27(16-19-3-9-21(25)10-4-19)22-11-5-18(6-12-22)15-24(28)26-29/h3-14,17,29H,15-16H2,1-2H3,(H,26,28). The molecule has 0 bridgehead atoms. The number of rotatable bonds is 8. The van der Waals surface area contributed by atoms with E-state index in [0.717, 1.165) is 5.56 Å². The van der Waals surface area contributed by atoms with E-state index in [0.29, 0.717) is 16.8 Å². The number of amides is 1. The van der Waals surface area contributed by atoms with Gasteiger partial charge in [-0.2, -0.15) is 0 Å². The third-order valence-electron chi connectivity index (χ3n) is 5.09. The molecule has 0 saturated heterocycles. The molecule has 1 amide bonds. The number of hydroxylamine groups is 1. The second kappa shape index (κ2) is 9.93. The molecule has 8 heteroatoms. The normalized spacial score (nSPS) is 11.4. The summed E-state index contributed by atoms with van der Waals surface area (Å²) in [6.45, 7) is 4.07. The van der Waals surface area contributed by atoms with Gasteiger partial charge in [-0.05, 0) is 59.0 Å². The van der Waals surface area contributed by atoms with Crippen molar-refractivity contribution in [2.75, 3.05) is 4.31 Å². The van der Waals surface area contributed by atoms with E-state index in [1.165, 1.54) is 16.4 Å². The maximum atomic E-state index is 13.5. The van der Waals surface area contributed by atoms with Crippen LogP contribution in [0.4, 0.5) is 10.1 Å². The van der Waals surface area contributed by atoms with Gasteiger partial charge in [-0.25, -0.2) is 18.3 Å². The Morgan fingerprint density at radius 1 is 0.938 bits per heavy atom. The first-order valence-electron chi connectivity index (χ1n) is 10.1. The minimum atomic E-state index is -3.93. The summed E-state index contributed by atoms with van der Waals surface area (Å²) < 4.78 is 41.7. The molecule has 168 valence electrons. The summed E-state index contributed by atoms with van der Waals surface area (Å²) in [5, 5.41) is 8.70. The van der Waals surface area contributed by atoms with E-state index in [1.54, 1.807) is 66.1 Å². The molecular weight excluding hydrogens is 431 g/mol. The maximum absolute atomic E-state index is 13.5. The first kappa shape index (κ1) is 23.4. The van der Waals surface area contributed by atoms with Gasteiger partial charge < -0.3 is 0 Å². The number of nitrogens with one attached hydrogen (secondary N) is 1. The quantitative estimate of drug-likeness (QED) is 0.389. The van der Waals surface area contributed by atoms with Gasteiger partial charge in [0.15, 0.2) is 0 Å². The average molecular weight is 457 g/mol. The van der Waals surface area contributed by atoms with Crippen LogP contribution >= 0.6 is 0 Å². The number of carbonyl (C=O) groups is 1. The van der Waals surface area contributed by atoms with Crippen molar-refractivity contribution >= 4 is 21.6 Å². The van der Waals surface area contributed by atoms with E-state index in [2.05, 4.69) is 0 Å². The molecule has 0 unspecified atom stereocenters. The number of benzene rings is 3. The van der Waals surface area contributed by atoms with E-state index >= 15 is 0 Å². The van der Waals surface area contributed by atoms with E-state index in [1.807, 2.05) is 13.8 Å². The van der Waals surface area contributed by atoms with Crippen molar-refractivity contribution < 1.29 is 22.8 Å². The minimum absolute atomic E-state index is 0.00498. The van der Waals surface area contributed by atoms with Gasteiger partial charge in [0.25, 0.3) is 10.0 Å². The van der Waals surface area contributed by atoms with Gasteiger partial charge in [-0.15, -0.1) is 0 Å². The molecule has 0 atom stereocenters. The van der Waals surface area contributed by atoms with Crippen LogP contribution < -0.4 is 9.79 Å². The van der Waals surface area contributed by atoms with Crippen LogP contribution in [0.3, 0.4) is 0 Å². The van der Waals surface area contributed by atoms with E-state index in [4.69, 9.17) is 5.21 Å². The van der Waals surface area contributed by atoms with Gasteiger partial charge in [-0.1, -0.05) is 50.2 Å². The van der Waals surface area contributed by atoms with Gasteiger partial charge in [0.1, 0.15) is 5.82 Å². The van der Waals surface area contributed by atoms with Crippen molar-refractivity contribution in [2.45, 2.75) is 37.6 Å². The smallest absolute Gasteiger partial charge is 0.264 e. The fraction of sp³-hybridized carbons (Fsp3) is 0.208. The molecule has 0 aliphatic heterocycles. The maximum Gasteiger partial charge on any atom is 0.264 e. The van der Waals surface area contributed by atoms with Crippen molar-refractivity contribution in [2.24, 2.45) is 0 Å². The first-order chi connectivity index (χ1) is 15.2. The molecule has 0 aliphatic rings. The zero-order valence-corrected chi connectivity index (χ0v) is 18.6. The lowest BCUT2D eigenvalue weighted by atomic mass is 10.0. The summed E-state index contributed by atoms with van der Waals surface area (Å²) in [5.74, 6) is -0.705. The number of carbonyl (C=O) groups excluding carboxylic acids is 1. The van der Waals surface area contributed by atoms with Crippen LogP contribution in [0.15, 0.2) is 77.7 Å². The molecule has 3 rings (SSSR count). The second-order valence-corrected chi connectivity index (χ2v) is 9.60. The van der Waals surface area contributed by atoms with Crippen molar-refractivity contribution in [1.82, 2.24) is 5.48 Å². The number of sulfonamides is 1. The Morgan fingerprint density at radius 3 is 2.03 bits per heavy atom. The number of nitrogens with zero attached hydrogens (tertiary/aromatic N) is 1. The van der Waals surface area contributed by atoms with Crippen LogP contribution in [0.2, 0.25) is 0 Å². The SMILES string of the molecule is CC(C)c1ccc(S(=O)(=O)N(Cc2ccc(F)cc2)c2ccc(CC(=O)NO)cc2)cc1. The molecule has 0 heterocycles. The van der Waals surface area contributed by atoms with Crippen molar-refractivity contribution in [1.29, 1.82) is 0 Å². The Labute approximate surface area is 187 Å². The molecule has 0 aliphatic carbocycles. The monoisotopic (exact) mass is 456 g/mol. The number of anilines is 1. The summed E-state index contributed by atoms with van der Waals surface area (Å²) >= 11 is 0. The fourth-order valence-corrected chi connectivity index (χ4v) is 4.68. The minimum Gasteiger partial charge on any atom is -0.289 e. The molecular formula is C24H25FN2O4S. The zero-order chi connectivity index (χ0) is 23.3. The topological polar surface area (TPSA) is 86.7 Å². The fourth-order valence-electron chi connectivity index (χ4n) is 3.23. The third kappa shape index (κ3) is 5.52.